The molecule has 0 aliphatic rings. The highest BCUT2D eigenvalue weighted by Gasteiger charge is 2.27. The van der Waals surface area contributed by atoms with Crippen molar-refractivity contribution in [1.82, 2.24) is 4.98 Å². The van der Waals surface area contributed by atoms with Gasteiger partial charge < -0.3 is 5.32 Å². The molecule has 0 spiro atoms. The molecule has 0 saturated heterocycles. The average Bonchev–Trinajstić information content (AvgIpc) is 2.02. The first-order valence-corrected chi connectivity index (χ1v) is 3.72. The van der Waals surface area contributed by atoms with Gasteiger partial charge in [-0.2, -0.15) is 13.2 Å². The van der Waals surface area contributed by atoms with Crippen LogP contribution in [0, 0.1) is 0 Å². The average molecular weight is 204 g/mol. The maximum absolute atomic E-state index is 11.9. The molecule has 1 aromatic rings. The van der Waals surface area contributed by atoms with Gasteiger partial charge in [0.05, 0.1) is 18.3 Å². The molecular formula is C8H7F3N2O. The highest BCUT2D eigenvalue weighted by Crippen LogP contribution is 2.21. The zero-order valence-electron chi connectivity index (χ0n) is 7.01. The SMILES string of the molecule is O=CNc1cncc(CC(F)(F)F)c1. The van der Waals surface area contributed by atoms with Crippen LogP contribution in [0.25, 0.3) is 0 Å². The summed E-state index contributed by atoms with van der Waals surface area (Å²) in [7, 11) is 0. The van der Waals surface area contributed by atoms with Crippen molar-refractivity contribution in [3.05, 3.63) is 24.0 Å². The van der Waals surface area contributed by atoms with Gasteiger partial charge in [0.15, 0.2) is 0 Å². The minimum Gasteiger partial charge on any atom is -0.327 e. The number of anilines is 1. The second-order valence-electron chi connectivity index (χ2n) is 2.64. The molecule has 1 aromatic heterocycles. The van der Waals surface area contributed by atoms with E-state index in [1.165, 1.54) is 12.3 Å². The van der Waals surface area contributed by atoms with E-state index in [1.54, 1.807) is 0 Å². The lowest BCUT2D eigenvalue weighted by molar-refractivity contribution is -0.127. The third-order valence-electron chi connectivity index (χ3n) is 1.43. The summed E-state index contributed by atoms with van der Waals surface area (Å²) >= 11 is 0. The van der Waals surface area contributed by atoms with Crippen LogP contribution in [0.2, 0.25) is 0 Å². The van der Waals surface area contributed by atoms with Crippen LogP contribution in [-0.2, 0) is 11.2 Å². The number of carbonyl (C=O) groups is 1. The predicted octanol–water partition coefficient (Wildman–Crippen LogP) is 1.75. The number of amides is 1. The number of alkyl halides is 3. The fourth-order valence-corrected chi connectivity index (χ4v) is 0.963. The largest absolute Gasteiger partial charge is 0.393 e. The molecule has 0 radical (unpaired) electrons. The molecule has 0 aromatic carbocycles. The molecule has 1 amide bonds. The van der Waals surface area contributed by atoms with Crippen LogP contribution >= 0.6 is 0 Å². The molecule has 6 heteroatoms. The van der Waals surface area contributed by atoms with Gasteiger partial charge in [-0.1, -0.05) is 0 Å². The summed E-state index contributed by atoms with van der Waals surface area (Å²) < 4.78 is 35.8. The van der Waals surface area contributed by atoms with Crippen LogP contribution in [-0.4, -0.2) is 17.6 Å². The number of carbonyl (C=O) groups excluding carboxylic acids is 1. The Morgan fingerprint density at radius 3 is 2.71 bits per heavy atom. The first-order valence-electron chi connectivity index (χ1n) is 3.72. The summed E-state index contributed by atoms with van der Waals surface area (Å²) in [6.07, 6.45) is -2.54. The number of halogens is 3. The third kappa shape index (κ3) is 3.42. The van der Waals surface area contributed by atoms with Crippen LogP contribution < -0.4 is 5.32 Å². The van der Waals surface area contributed by atoms with Crippen molar-refractivity contribution < 1.29 is 18.0 Å². The van der Waals surface area contributed by atoms with Crippen LogP contribution in [0.15, 0.2) is 18.5 Å². The predicted molar refractivity (Wildman–Crippen MR) is 43.7 cm³/mol. The van der Waals surface area contributed by atoms with Crippen molar-refractivity contribution in [2.24, 2.45) is 0 Å². The van der Waals surface area contributed by atoms with Gasteiger partial charge in [-0.05, 0) is 11.6 Å². The van der Waals surface area contributed by atoms with Gasteiger partial charge in [-0.15, -0.1) is 0 Å². The summed E-state index contributed by atoms with van der Waals surface area (Å²) in [4.78, 5) is 13.6. The highest BCUT2D eigenvalue weighted by atomic mass is 19.4. The second kappa shape index (κ2) is 4.08. The van der Waals surface area contributed by atoms with Crippen molar-refractivity contribution in [2.45, 2.75) is 12.6 Å². The topological polar surface area (TPSA) is 42.0 Å². The van der Waals surface area contributed by atoms with Crippen molar-refractivity contribution in [3.63, 3.8) is 0 Å². The molecule has 0 fully saturated rings. The van der Waals surface area contributed by atoms with Gasteiger partial charge in [0.25, 0.3) is 0 Å². The highest BCUT2D eigenvalue weighted by molar-refractivity contribution is 5.70. The number of nitrogens with zero attached hydrogens (tertiary/aromatic N) is 1. The van der Waals surface area contributed by atoms with E-state index in [9.17, 15) is 18.0 Å². The van der Waals surface area contributed by atoms with Gasteiger partial charge in [0.2, 0.25) is 6.41 Å². The lowest BCUT2D eigenvalue weighted by Crippen LogP contribution is -2.11. The van der Waals surface area contributed by atoms with Crippen molar-refractivity contribution in [2.75, 3.05) is 5.32 Å². The van der Waals surface area contributed by atoms with Crippen molar-refractivity contribution in [1.29, 1.82) is 0 Å². The summed E-state index contributed by atoms with van der Waals surface area (Å²) in [6, 6.07) is 1.23. The van der Waals surface area contributed by atoms with E-state index in [-0.39, 0.29) is 11.3 Å². The van der Waals surface area contributed by atoms with E-state index in [4.69, 9.17) is 0 Å². The van der Waals surface area contributed by atoms with Crippen LogP contribution in [0.3, 0.4) is 0 Å². The summed E-state index contributed by atoms with van der Waals surface area (Å²) in [5, 5.41) is 2.22. The Morgan fingerprint density at radius 2 is 2.14 bits per heavy atom. The smallest absolute Gasteiger partial charge is 0.327 e. The Kier molecular flexibility index (Phi) is 3.06. The number of nitrogens with one attached hydrogen (secondary N) is 1. The number of hydrogen-bond donors (Lipinski definition) is 1. The molecule has 1 rings (SSSR count). The number of aromatic nitrogens is 1. The molecule has 0 unspecified atom stereocenters. The van der Waals surface area contributed by atoms with Crippen molar-refractivity contribution >= 4 is 12.1 Å². The molecule has 0 atom stereocenters. The molecule has 3 nitrogen and oxygen atoms in total. The molecule has 0 aliphatic heterocycles. The maximum Gasteiger partial charge on any atom is 0.393 e. The minimum absolute atomic E-state index is 0.0179. The Labute approximate surface area is 78.0 Å². The van der Waals surface area contributed by atoms with E-state index >= 15 is 0 Å². The Balaban J connectivity index is 2.78. The summed E-state index contributed by atoms with van der Waals surface area (Å²) in [5.41, 5.74) is 0.270. The van der Waals surface area contributed by atoms with E-state index in [1.807, 2.05) is 0 Å². The van der Waals surface area contributed by atoms with E-state index < -0.39 is 12.6 Å². The minimum atomic E-state index is -4.26. The van der Waals surface area contributed by atoms with Crippen LogP contribution in [0.4, 0.5) is 18.9 Å². The lowest BCUT2D eigenvalue weighted by Gasteiger charge is -2.06. The third-order valence-corrected chi connectivity index (χ3v) is 1.43. The van der Waals surface area contributed by atoms with E-state index in [0.717, 1.165) is 6.20 Å². The molecule has 0 saturated carbocycles. The number of rotatable bonds is 3. The quantitative estimate of drug-likeness (QED) is 0.762. The zero-order chi connectivity index (χ0) is 10.6. The fourth-order valence-electron chi connectivity index (χ4n) is 0.963. The van der Waals surface area contributed by atoms with Crippen LogP contribution in [0.1, 0.15) is 5.56 Å². The van der Waals surface area contributed by atoms with Gasteiger partial charge >= 0.3 is 6.18 Å². The van der Waals surface area contributed by atoms with Crippen LogP contribution in [0.5, 0.6) is 0 Å². The maximum atomic E-state index is 11.9. The Bertz CT molecular complexity index is 325. The first kappa shape index (κ1) is 10.5. The zero-order valence-corrected chi connectivity index (χ0v) is 7.01. The molecule has 1 N–H and O–H groups in total. The van der Waals surface area contributed by atoms with Gasteiger partial charge in [-0.3, -0.25) is 9.78 Å². The molecule has 76 valence electrons. The van der Waals surface area contributed by atoms with Gasteiger partial charge in [0, 0.05) is 6.20 Å². The van der Waals surface area contributed by atoms with Gasteiger partial charge in [0.1, 0.15) is 0 Å². The number of hydrogen-bond acceptors (Lipinski definition) is 2. The summed E-state index contributed by atoms with van der Waals surface area (Å²) in [5.74, 6) is 0. The monoisotopic (exact) mass is 204 g/mol. The standard InChI is InChI=1S/C8H7F3N2O/c9-8(10,11)2-6-1-7(13-5-14)4-12-3-6/h1,3-5H,2H2,(H,13,14). The van der Waals surface area contributed by atoms with Gasteiger partial charge in [-0.25, -0.2) is 0 Å². The Morgan fingerprint density at radius 1 is 1.43 bits per heavy atom. The normalized spacial score (nSPS) is 11.1. The van der Waals surface area contributed by atoms with Crippen molar-refractivity contribution in [3.8, 4) is 0 Å². The molecule has 14 heavy (non-hydrogen) atoms. The molecule has 0 bridgehead atoms. The first-order chi connectivity index (χ1) is 6.51. The molecule has 0 aliphatic carbocycles. The lowest BCUT2D eigenvalue weighted by atomic mass is 10.2. The Hall–Kier alpha value is -1.59. The number of pyridine rings is 1. The molecular weight excluding hydrogens is 197 g/mol. The second-order valence-corrected chi connectivity index (χ2v) is 2.64. The van der Waals surface area contributed by atoms with E-state index in [0.29, 0.717) is 6.41 Å². The molecule has 1 heterocycles. The van der Waals surface area contributed by atoms with E-state index in [2.05, 4.69) is 10.3 Å². The summed E-state index contributed by atoms with van der Waals surface area (Å²) in [6.45, 7) is 0. The fraction of sp³-hybridized carbons (Fsp3) is 0.250.